The molecule has 1 aromatic heterocycles. The molecule has 0 spiro atoms. The molecule has 0 aliphatic heterocycles. The fourth-order valence-corrected chi connectivity index (χ4v) is 1.79. The molecule has 0 bridgehead atoms. The predicted octanol–water partition coefficient (Wildman–Crippen LogP) is 1.25. The molecule has 0 aliphatic carbocycles. The third kappa shape index (κ3) is 5.64. The molecule has 1 atom stereocenters. The van der Waals surface area contributed by atoms with Crippen molar-refractivity contribution in [3.8, 4) is 0 Å². The quantitative estimate of drug-likeness (QED) is 0.742. The molecule has 0 fully saturated rings. The summed E-state index contributed by atoms with van der Waals surface area (Å²) in [4.78, 5) is 4.22. The average molecular weight is 226 g/mol. The standard InChI is InChI=1S/C11H18N2OS/c1-10-4-5-11(9-13-10)8-12-6-3-7-15(2)14/h4-5,9,12H,3,6-8H2,1-2H3. The van der Waals surface area contributed by atoms with Crippen molar-refractivity contribution in [2.24, 2.45) is 0 Å². The Morgan fingerprint density at radius 3 is 2.87 bits per heavy atom. The molecule has 1 unspecified atom stereocenters. The van der Waals surface area contributed by atoms with Crippen molar-refractivity contribution >= 4 is 10.8 Å². The molecule has 3 nitrogen and oxygen atoms in total. The third-order valence-electron chi connectivity index (χ3n) is 2.09. The van der Waals surface area contributed by atoms with E-state index in [1.54, 1.807) is 6.26 Å². The lowest BCUT2D eigenvalue weighted by molar-refractivity contribution is 0.661. The molecule has 4 heteroatoms. The van der Waals surface area contributed by atoms with Gasteiger partial charge in [-0.25, -0.2) is 0 Å². The molecular weight excluding hydrogens is 208 g/mol. The molecule has 1 heterocycles. The number of aromatic nitrogens is 1. The van der Waals surface area contributed by atoms with E-state index in [4.69, 9.17) is 0 Å². The normalized spacial score (nSPS) is 12.7. The van der Waals surface area contributed by atoms with Gasteiger partial charge >= 0.3 is 0 Å². The van der Waals surface area contributed by atoms with Gasteiger partial charge in [0.25, 0.3) is 0 Å². The Morgan fingerprint density at radius 2 is 2.27 bits per heavy atom. The maximum absolute atomic E-state index is 10.8. The van der Waals surface area contributed by atoms with Crippen molar-refractivity contribution in [3.05, 3.63) is 29.6 Å². The lowest BCUT2D eigenvalue weighted by atomic mass is 10.2. The number of rotatable bonds is 6. The van der Waals surface area contributed by atoms with Gasteiger partial charge in [0, 0.05) is 41.2 Å². The highest BCUT2D eigenvalue weighted by atomic mass is 32.2. The molecule has 15 heavy (non-hydrogen) atoms. The van der Waals surface area contributed by atoms with Crippen LogP contribution >= 0.6 is 0 Å². The Kier molecular flexibility index (Phi) is 5.50. The minimum Gasteiger partial charge on any atom is -0.313 e. The minimum atomic E-state index is -0.669. The summed E-state index contributed by atoms with van der Waals surface area (Å²) < 4.78 is 10.8. The second-order valence-corrected chi connectivity index (χ2v) is 5.17. The van der Waals surface area contributed by atoms with E-state index < -0.39 is 10.8 Å². The number of nitrogens with one attached hydrogen (secondary N) is 1. The second-order valence-electron chi connectivity index (χ2n) is 3.62. The van der Waals surface area contributed by atoms with Crippen LogP contribution in [0.2, 0.25) is 0 Å². The van der Waals surface area contributed by atoms with Gasteiger partial charge in [-0.05, 0) is 31.5 Å². The maximum atomic E-state index is 10.8. The first-order valence-electron chi connectivity index (χ1n) is 5.11. The second kappa shape index (κ2) is 6.69. The summed E-state index contributed by atoms with van der Waals surface area (Å²) in [5, 5.41) is 3.30. The summed E-state index contributed by atoms with van der Waals surface area (Å²) in [5.74, 6) is 0.777. The first-order valence-corrected chi connectivity index (χ1v) is 6.83. The van der Waals surface area contributed by atoms with Crippen molar-refractivity contribution in [2.45, 2.75) is 19.9 Å². The number of hydrogen-bond acceptors (Lipinski definition) is 3. The van der Waals surface area contributed by atoms with Crippen LogP contribution in [-0.4, -0.2) is 27.7 Å². The monoisotopic (exact) mass is 226 g/mol. The van der Waals surface area contributed by atoms with Crippen LogP contribution in [0.25, 0.3) is 0 Å². The van der Waals surface area contributed by atoms with E-state index in [1.165, 1.54) is 5.56 Å². The molecular formula is C11H18N2OS. The summed E-state index contributed by atoms with van der Waals surface area (Å²) in [6.07, 6.45) is 4.59. The molecule has 0 saturated heterocycles. The van der Waals surface area contributed by atoms with Crippen molar-refractivity contribution < 1.29 is 4.21 Å². The van der Waals surface area contributed by atoms with Gasteiger partial charge in [0.05, 0.1) is 0 Å². The highest BCUT2D eigenvalue weighted by Gasteiger charge is 1.94. The molecule has 1 rings (SSSR count). The van der Waals surface area contributed by atoms with Crippen LogP contribution in [0.3, 0.4) is 0 Å². The summed E-state index contributed by atoms with van der Waals surface area (Å²) in [5.41, 5.74) is 2.23. The van der Waals surface area contributed by atoms with E-state index in [-0.39, 0.29) is 0 Å². The first-order chi connectivity index (χ1) is 7.18. The largest absolute Gasteiger partial charge is 0.313 e. The van der Waals surface area contributed by atoms with Crippen molar-refractivity contribution in [1.82, 2.24) is 10.3 Å². The van der Waals surface area contributed by atoms with E-state index in [0.717, 1.165) is 31.0 Å². The Bertz CT molecular complexity index is 311. The van der Waals surface area contributed by atoms with E-state index in [0.29, 0.717) is 0 Å². The molecule has 0 aromatic carbocycles. The van der Waals surface area contributed by atoms with Crippen molar-refractivity contribution in [2.75, 3.05) is 18.6 Å². The fourth-order valence-electron chi connectivity index (χ4n) is 1.24. The van der Waals surface area contributed by atoms with Gasteiger partial charge in [-0.15, -0.1) is 0 Å². The Balaban J connectivity index is 2.15. The predicted molar refractivity (Wildman–Crippen MR) is 64.2 cm³/mol. The van der Waals surface area contributed by atoms with Gasteiger partial charge in [0.15, 0.2) is 0 Å². The van der Waals surface area contributed by atoms with E-state index >= 15 is 0 Å². The summed E-state index contributed by atoms with van der Waals surface area (Å²) in [7, 11) is -0.669. The summed E-state index contributed by atoms with van der Waals surface area (Å²) in [6, 6.07) is 4.09. The van der Waals surface area contributed by atoms with Crippen LogP contribution in [0.4, 0.5) is 0 Å². The molecule has 0 aliphatic rings. The van der Waals surface area contributed by atoms with Crippen LogP contribution in [0.1, 0.15) is 17.7 Å². The van der Waals surface area contributed by atoms with Crippen molar-refractivity contribution in [3.63, 3.8) is 0 Å². The van der Waals surface area contributed by atoms with Gasteiger partial charge < -0.3 is 5.32 Å². The Hall–Kier alpha value is -0.740. The Labute approximate surface area is 93.8 Å². The molecule has 0 radical (unpaired) electrons. The highest BCUT2D eigenvalue weighted by molar-refractivity contribution is 7.84. The minimum absolute atomic E-state index is 0.669. The molecule has 0 amide bonds. The topological polar surface area (TPSA) is 42.0 Å². The smallest absolute Gasteiger partial charge is 0.0372 e. The first kappa shape index (κ1) is 12.3. The summed E-state index contributed by atoms with van der Waals surface area (Å²) >= 11 is 0. The van der Waals surface area contributed by atoms with Crippen LogP contribution in [-0.2, 0) is 17.3 Å². The van der Waals surface area contributed by atoms with Crippen LogP contribution < -0.4 is 5.32 Å². The number of hydrogen-bond donors (Lipinski definition) is 1. The Morgan fingerprint density at radius 1 is 1.47 bits per heavy atom. The van der Waals surface area contributed by atoms with Crippen LogP contribution in [0.15, 0.2) is 18.3 Å². The zero-order valence-electron chi connectivity index (χ0n) is 9.32. The van der Waals surface area contributed by atoms with Gasteiger partial charge in [0.2, 0.25) is 0 Å². The van der Waals surface area contributed by atoms with Gasteiger partial charge in [0.1, 0.15) is 0 Å². The van der Waals surface area contributed by atoms with Crippen LogP contribution in [0, 0.1) is 6.92 Å². The van der Waals surface area contributed by atoms with Gasteiger partial charge in [-0.1, -0.05) is 6.07 Å². The number of nitrogens with zero attached hydrogens (tertiary/aromatic N) is 1. The zero-order valence-corrected chi connectivity index (χ0v) is 10.1. The number of aryl methyl sites for hydroxylation is 1. The zero-order chi connectivity index (χ0) is 11.1. The third-order valence-corrected chi connectivity index (χ3v) is 2.95. The lowest BCUT2D eigenvalue weighted by Gasteiger charge is -2.03. The van der Waals surface area contributed by atoms with E-state index in [9.17, 15) is 4.21 Å². The number of pyridine rings is 1. The molecule has 1 aromatic rings. The van der Waals surface area contributed by atoms with E-state index in [2.05, 4.69) is 16.4 Å². The van der Waals surface area contributed by atoms with Crippen LogP contribution in [0.5, 0.6) is 0 Å². The lowest BCUT2D eigenvalue weighted by Crippen LogP contribution is -2.16. The maximum Gasteiger partial charge on any atom is 0.0372 e. The summed E-state index contributed by atoms with van der Waals surface area (Å²) in [6.45, 7) is 3.73. The van der Waals surface area contributed by atoms with Gasteiger partial charge in [-0.2, -0.15) is 0 Å². The molecule has 1 N–H and O–H groups in total. The average Bonchev–Trinajstić information content (AvgIpc) is 2.20. The SMILES string of the molecule is Cc1ccc(CNCCCS(C)=O)cn1. The molecule has 0 saturated carbocycles. The fraction of sp³-hybridized carbons (Fsp3) is 0.545. The van der Waals surface area contributed by atoms with Crippen molar-refractivity contribution in [1.29, 1.82) is 0 Å². The molecule has 84 valence electrons. The van der Waals surface area contributed by atoms with Gasteiger partial charge in [-0.3, -0.25) is 9.19 Å². The van der Waals surface area contributed by atoms with E-state index in [1.807, 2.05) is 19.2 Å². The highest BCUT2D eigenvalue weighted by Crippen LogP contribution is 1.98.